The highest BCUT2D eigenvalue weighted by molar-refractivity contribution is 5.45. The Morgan fingerprint density at radius 3 is 2.56 bits per heavy atom. The molecule has 1 heterocycles. The number of hydrogen-bond acceptors (Lipinski definition) is 6. The van der Waals surface area contributed by atoms with E-state index in [1.807, 2.05) is 5.43 Å². The van der Waals surface area contributed by atoms with Crippen LogP contribution in [0.3, 0.4) is 0 Å². The number of nitrogen functional groups attached to an aromatic ring is 1. The molecule has 0 fully saturated rings. The minimum absolute atomic E-state index is 0.0202. The zero-order chi connectivity index (χ0) is 13.9. The summed E-state index contributed by atoms with van der Waals surface area (Å²) in [5.74, 6) is 4.71. The van der Waals surface area contributed by atoms with Crippen LogP contribution in [0, 0.1) is 0 Å². The Kier molecular flexibility index (Phi) is 4.30. The largest absolute Gasteiger partial charge is 0.433 e. The highest BCUT2D eigenvalue weighted by Gasteiger charge is 2.34. The number of aliphatic hydroxyl groups excluding tert-OH is 1. The summed E-state index contributed by atoms with van der Waals surface area (Å²) >= 11 is 0. The van der Waals surface area contributed by atoms with E-state index in [4.69, 9.17) is 10.9 Å². The quantitative estimate of drug-likeness (QED) is 0.546. The summed E-state index contributed by atoms with van der Waals surface area (Å²) in [7, 11) is 1.52. The molecule has 4 N–H and O–H groups in total. The Balaban J connectivity index is 3.20. The number of alkyl halides is 3. The van der Waals surface area contributed by atoms with Gasteiger partial charge in [0, 0.05) is 13.1 Å². The van der Waals surface area contributed by atoms with E-state index in [2.05, 4.69) is 9.97 Å². The topological polar surface area (TPSA) is 87.3 Å². The molecular formula is C9H14F3N5O. The van der Waals surface area contributed by atoms with Crippen LogP contribution in [0.25, 0.3) is 0 Å². The van der Waals surface area contributed by atoms with Crippen LogP contribution in [-0.4, -0.2) is 34.8 Å². The molecule has 0 saturated heterocycles. The van der Waals surface area contributed by atoms with Crippen molar-refractivity contribution in [3.8, 4) is 0 Å². The minimum atomic E-state index is -4.59. The van der Waals surface area contributed by atoms with Crippen LogP contribution >= 0.6 is 0 Å². The average Bonchev–Trinajstić information content (AvgIpc) is 2.35. The van der Waals surface area contributed by atoms with Crippen molar-refractivity contribution in [3.05, 3.63) is 11.8 Å². The molecule has 6 nitrogen and oxygen atoms in total. The molecule has 18 heavy (non-hydrogen) atoms. The maximum Gasteiger partial charge on any atom is 0.433 e. The van der Waals surface area contributed by atoms with E-state index in [9.17, 15) is 13.2 Å². The third-order valence-electron chi connectivity index (χ3n) is 2.42. The SMILES string of the molecule is CC(CO)N(C)c1cc(C(F)(F)F)nc(NN)n1. The first-order chi connectivity index (χ1) is 8.29. The maximum absolute atomic E-state index is 12.6. The molecule has 0 spiro atoms. The first-order valence-electron chi connectivity index (χ1n) is 5.06. The van der Waals surface area contributed by atoms with Crippen molar-refractivity contribution < 1.29 is 18.3 Å². The van der Waals surface area contributed by atoms with Gasteiger partial charge in [-0.05, 0) is 6.92 Å². The number of halogens is 3. The molecule has 9 heteroatoms. The Morgan fingerprint density at radius 2 is 2.11 bits per heavy atom. The Hall–Kier alpha value is -1.61. The summed E-state index contributed by atoms with van der Waals surface area (Å²) in [4.78, 5) is 8.43. The van der Waals surface area contributed by atoms with Crippen molar-refractivity contribution in [2.45, 2.75) is 19.1 Å². The van der Waals surface area contributed by atoms with Crippen LogP contribution in [0.5, 0.6) is 0 Å². The van der Waals surface area contributed by atoms with E-state index in [1.165, 1.54) is 11.9 Å². The summed E-state index contributed by atoms with van der Waals surface area (Å²) in [6.45, 7) is 1.43. The molecule has 1 unspecified atom stereocenters. The van der Waals surface area contributed by atoms with Crippen molar-refractivity contribution in [2.75, 3.05) is 24.0 Å². The zero-order valence-electron chi connectivity index (χ0n) is 9.86. The fourth-order valence-corrected chi connectivity index (χ4v) is 1.17. The van der Waals surface area contributed by atoms with Gasteiger partial charge in [-0.3, -0.25) is 5.43 Å². The standard InChI is InChI=1S/C9H14F3N5O/c1-5(4-18)17(2)7-3-6(9(10,11)12)14-8(15-7)16-13/h3,5,18H,4,13H2,1-2H3,(H,14,15,16). The molecule has 0 amide bonds. The van der Waals surface area contributed by atoms with Gasteiger partial charge in [-0.15, -0.1) is 0 Å². The number of likely N-dealkylation sites (N-methyl/N-ethyl adjacent to an activating group) is 1. The van der Waals surface area contributed by atoms with Gasteiger partial charge in [-0.25, -0.2) is 10.8 Å². The second-order valence-electron chi connectivity index (χ2n) is 3.72. The normalized spacial score (nSPS) is 13.3. The van der Waals surface area contributed by atoms with E-state index in [0.29, 0.717) is 0 Å². The van der Waals surface area contributed by atoms with Crippen LogP contribution in [0.15, 0.2) is 6.07 Å². The first-order valence-corrected chi connectivity index (χ1v) is 5.06. The first kappa shape index (κ1) is 14.5. The van der Waals surface area contributed by atoms with E-state index < -0.39 is 11.9 Å². The van der Waals surface area contributed by atoms with Crippen molar-refractivity contribution >= 4 is 11.8 Å². The van der Waals surface area contributed by atoms with Crippen molar-refractivity contribution in [3.63, 3.8) is 0 Å². The van der Waals surface area contributed by atoms with E-state index in [0.717, 1.165) is 6.07 Å². The van der Waals surface area contributed by atoms with Gasteiger partial charge in [0.25, 0.3) is 0 Å². The average molecular weight is 265 g/mol. The maximum atomic E-state index is 12.6. The molecule has 1 aromatic heterocycles. The molecular weight excluding hydrogens is 251 g/mol. The van der Waals surface area contributed by atoms with Crippen LogP contribution < -0.4 is 16.2 Å². The summed E-state index contributed by atoms with van der Waals surface area (Å²) in [5, 5.41) is 8.97. The smallest absolute Gasteiger partial charge is 0.394 e. The summed E-state index contributed by atoms with van der Waals surface area (Å²) in [6, 6.07) is 0.416. The van der Waals surface area contributed by atoms with E-state index in [1.54, 1.807) is 6.92 Å². The lowest BCUT2D eigenvalue weighted by molar-refractivity contribution is -0.141. The predicted octanol–water partition coefficient (Wildman–Crippen LogP) is 0.598. The van der Waals surface area contributed by atoms with Crippen LogP contribution in [0.2, 0.25) is 0 Å². The molecule has 0 aromatic carbocycles. The predicted molar refractivity (Wildman–Crippen MR) is 59.8 cm³/mol. The summed E-state index contributed by atoms with van der Waals surface area (Å²) in [5.41, 5.74) is 0.881. The number of hydrazine groups is 1. The lowest BCUT2D eigenvalue weighted by Gasteiger charge is -2.25. The number of rotatable bonds is 4. The highest BCUT2D eigenvalue weighted by Crippen LogP contribution is 2.30. The number of nitrogens with zero attached hydrogens (tertiary/aromatic N) is 3. The Labute approximate surface area is 102 Å². The van der Waals surface area contributed by atoms with Gasteiger partial charge in [0.2, 0.25) is 5.95 Å². The lowest BCUT2D eigenvalue weighted by Crippen LogP contribution is -2.33. The molecule has 0 radical (unpaired) electrons. The van der Waals surface area contributed by atoms with Crippen LogP contribution in [-0.2, 0) is 6.18 Å². The fraction of sp³-hybridized carbons (Fsp3) is 0.556. The summed E-state index contributed by atoms with van der Waals surface area (Å²) in [6.07, 6.45) is -4.59. The molecule has 1 atom stereocenters. The minimum Gasteiger partial charge on any atom is -0.394 e. The molecule has 1 rings (SSSR count). The number of nitrogens with two attached hydrogens (primary N) is 1. The number of aromatic nitrogens is 2. The van der Waals surface area contributed by atoms with Gasteiger partial charge in [0.1, 0.15) is 5.82 Å². The third kappa shape index (κ3) is 3.20. The van der Waals surface area contributed by atoms with E-state index in [-0.39, 0.29) is 24.4 Å². The molecule has 0 saturated carbocycles. The highest BCUT2D eigenvalue weighted by atomic mass is 19.4. The monoisotopic (exact) mass is 265 g/mol. The molecule has 0 aliphatic rings. The van der Waals surface area contributed by atoms with E-state index >= 15 is 0 Å². The Morgan fingerprint density at radius 1 is 1.50 bits per heavy atom. The second-order valence-corrected chi connectivity index (χ2v) is 3.72. The van der Waals surface area contributed by atoms with Gasteiger partial charge in [0.15, 0.2) is 5.69 Å². The van der Waals surface area contributed by atoms with Gasteiger partial charge >= 0.3 is 6.18 Å². The zero-order valence-corrected chi connectivity index (χ0v) is 9.86. The molecule has 0 bridgehead atoms. The van der Waals surface area contributed by atoms with Crippen molar-refractivity contribution in [1.29, 1.82) is 0 Å². The van der Waals surface area contributed by atoms with Gasteiger partial charge < -0.3 is 10.0 Å². The number of anilines is 2. The second kappa shape index (κ2) is 5.36. The fourth-order valence-electron chi connectivity index (χ4n) is 1.17. The summed E-state index contributed by atoms with van der Waals surface area (Å²) < 4.78 is 37.8. The molecule has 0 aliphatic heterocycles. The van der Waals surface area contributed by atoms with Gasteiger partial charge in [-0.2, -0.15) is 18.2 Å². The third-order valence-corrected chi connectivity index (χ3v) is 2.42. The molecule has 0 aliphatic carbocycles. The number of hydrogen-bond donors (Lipinski definition) is 3. The van der Waals surface area contributed by atoms with Gasteiger partial charge in [-0.1, -0.05) is 0 Å². The molecule has 102 valence electrons. The Bertz CT molecular complexity index is 412. The number of nitrogens with one attached hydrogen (secondary N) is 1. The van der Waals surface area contributed by atoms with Crippen LogP contribution in [0.4, 0.5) is 24.9 Å². The van der Waals surface area contributed by atoms with Crippen molar-refractivity contribution in [1.82, 2.24) is 9.97 Å². The van der Waals surface area contributed by atoms with Crippen molar-refractivity contribution in [2.24, 2.45) is 5.84 Å². The van der Waals surface area contributed by atoms with Crippen LogP contribution in [0.1, 0.15) is 12.6 Å². The molecule has 1 aromatic rings. The van der Waals surface area contributed by atoms with Gasteiger partial charge in [0.05, 0.1) is 12.6 Å². The lowest BCUT2D eigenvalue weighted by atomic mass is 10.3. The number of aliphatic hydroxyl groups is 1.